The van der Waals surface area contributed by atoms with Crippen molar-refractivity contribution in [3.63, 3.8) is 0 Å². The highest BCUT2D eigenvalue weighted by Crippen LogP contribution is 2.30. The number of amides is 5. The van der Waals surface area contributed by atoms with Crippen LogP contribution >= 0.6 is 0 Å². The molecule has 2 saturated heterocycles. The summed E-state index contributed by atoms with van der Waals surface area (Å²) in [4.78, 5) is 87.4. The molecule has 2 fully saturated rings. The van der Waals surface area contributed by atoms with Gasteiger partial charge in [-0.3, -0.25) is 28.8 Å². The maximum atomic E-state index is 14.3. The van der Waals surface area contributed by atoms with Crippen LogP contribution in [0.3, 0.4) is 0 Å². The van der Waals surface area contributed by atoms with Crippen LogP contribution in [0.15, 0.2) is 24.3 Å². The first-order chi connectivity index (χ1) is 30.4. The van der Waals surface area contributed by atoms with Crippen molar-refractivity contribution in [1.29, 1.82) is 0 Å². The maximum absolute atomic E-state index is 14.3. The van der Waals surface area contributed by atoms with E-state index in [2.05, 4.69) is 16.0 Å². The fraction of sp³-hybridized carbons (Fsp3) is 0.733. The van der Waals surface area contributed by atoms with Crippen LogP contribution < -0.4 is 16.0 Å². The van der Waals surface area contributed by atoms with Crippen LogP contribution in [-0.2, 0) is 49.5 Å². The van der Waals surface area contributed by atoms with Crippen molar-refractivity contribution in [3.05, 3.63) is 29.8 Å². The highest BCUT2D eigenvalue weighted by molar-refractivity contribution is 5.90. The van der Waals surface area contributed by atoms with Crippen LogP contribution in [0.2, 0.25) is 0 Å². The summed E-state index contributed by atoms with van der Waals surface area (Å²) in [6.07, 6.45) is -2.57. The standard InChI is InChI=1S/C43H72N6O9.C2HF3O2/c1-12-28(6)38(47(9)43(55)37(27(4)5)46-41(53)36(44-8)26(2)3)34(56-10)25-35(51)48-21-15-16-33(48)39(57-11)29(7)40(52)45-32(24-30-17-19-31(50)20-18-30)42(54)49-22-13-14-23-58-49;3-2(4,5)1(6)7/h17-20,26-29,32-34,36-39,44,50H,12-16,21-25H2,1-11H3,(H,45,52)(H,46,53);(H,6,7)/t28-,29+,32-,33-,34+,36-,37-,38-,39+;/m0./s1. The van der Waals surface area contributed by atoms with Crippen molar-refractivity contribution in [2.24, 2.45) is 23.7 Å². The lowest BCUT2D eigenvalue weighted by molar-refractivity contribution is -0.199. The SMILES string of the molecule is CC[C@H](C)[C@@H]([C@@H](CC(=O)N1CCC[C@H]1[C@H](OC)[C@@H](C)C(=O)N[C@@H](Cc1ccc(O)cc1)C(=O)N1CCCCO1)OC)N(C)C(=O)[C@@H](NC(=O)[C@@H](NC)C(C)C)C(C)C.O=C(O)C(F)(F)F. The monoisotopic (exact) mass is 931 g/mol. The molecule has 0 bridgehead atoms. The summed E-state index contributed by atoms with van der Waals surface area (Å²) >= 11 is 0. The smallest absolute Gasteiger partial charge is 0.490 e. The van der Waals surface area contributed by atoms with E-state index in [1.54, 1.807) is 50.1 Å². The number of methoxy groups -OCH3 is 2. The highest BCUT2D eigenvalue weighted by Gasteiger charge is 2.44. The van der Waals surface area contributed by atoms with Gasteiger partial charge in [-0.25, -0.2) is 9.86 Å². The number of carboxylic acids is 1. The Balaban J connectivity index is 0.00000191. The molecule has 5 N–H and O–H groups in total. The molecule has 9 atom stereocenters. The summed E-state index contributed by atoms with van der Waals surface area (Å²) in [5.41, 5.74) is 0.755. The quantitative estimate of drug-likeness (QED) is 0.119. The van der Waals surface area contributed by atoms with Crippen LogP contribution in [0.1, 0.15) is 92.6 Å². The number of carbonyl (C=O) groups is 6. The summed E-state index contributed by atoms with van der Waals surface area (Å²) in [6.45, 7) is 14.8. The first kappa shape index (κ1) is 56.6. The average Bonchev–Trinajstić information content (AvgIpc) is 3.75. The fourth-order valence-corrected chi connectivity index (χ4v) is 8.36. The summed E-state index contributed by atoms with van der Waals surface area (Å²) in [6, 6.07) is 3.42. The minimum Gasteiger partial charge on any atom is -0.508 e. The van der Waals surface area contributed by atoms with Gasteiger partial charge < -0.3 is 45.4 Å². The molecule has 20 heteroatoms. The number of halogens is 3. The second-order valence-corrected chi connectivity index (χ2v) is 17.5. The molecular weight excluding hydrogens is 858 g/mol. The molecule has 0 aromatic heterocycles. The molecule has 1 aromatic rings. The van der Waals surface area contributed by atoms with E-state index in [1.165, 1.54) is 24.3 Å². The molecule has 65 heavy (non-hydrogen) atoms. The number of benzene rings is 1. The van der Waals surface area contributed by atoms with Gasteiger partial charge in [-0.05, 0) is 68.2 Å². The van der Waals surface area contributed by atoms with Gasteiger partial charge in [-0.2, -0.15) is 13.2 Å². The molecule has 2 heterocycles. The maximum Gasteiger partial charge on any atom is 0.490 e. The van der Waals surface area contributed by atoms with Gasteiger partial charge in [0.15, 0.2) is 0 Å². The molecule has 0 aliphatic carbocycles. The molecule has 0 unspecified atom stereocenters. The Hall–Kier alpha value is -4.53. The second kappa shape index (κ2) is 26.6. The van der Waals surface area contributed by atoms with Crippen LogP contribution in [0.5, 0.6) is 5.75 Å². The number of carboxylic acid groups (broad SMARTS) is 1. The molecule has 0 saturated carbocycles. The lowest BCUT2D eigenvalue weighted by atomic mass is 9.89. The largest absolute Gasteiger partial charge is 0.508 e. The number of phenols is 1. The number of hydroxylamine groups is 2. The van der Waals surface area contributed by atoms with Gasteiger partial charge in [0, 0.05) is 40.8 Å². The molecule has 0 spiro atoms. The zero-order valence-corrected chi connectivity index (χ0v) is 39.8. The lowest BCUT2D eigenvalue weighted by Gasteiger charge is -2.41. The third-order valence-corrected chi connectivity index (χ3v) is 12.2. The van der Waals surface area contributed by atoms with Crippen molar-refractivity contribution in [3.8, 4) is 5.75 Å². The number of phenolic OH excluding ortho intramolecular Hbond substituents is 1. The van der Waals surface area contributed by atoms with Crippen molar-refractivity contribution in [2.75, 3.05) is 48.0 Å². The van der Waals surface area contributed by atoms with E-state index in [0.717, 1.165) is 24.8 Å². The molecule has 2 aliphatic rings. The third kappa shape index (κ3) is 16.4. The van der Waals surface area contributed by atoms with Crippen molar-refractivity contribution >= 4 is 35.5 Å². The second-order valence-electron chi connectivity index (χ2n) is 17.5. The zero-order valence-electron chi connectivity index (χ0n) is 39.8. The van der Waals surface area contributed by atoms with Gasteiger partial charge in [-0.15, -0.1) is 0 Å². The zero-order chi connectivity index (χ0) is 49.3. The third-order valence-electron chi connectivity index (χ3n) is 12.2. The first-order valence-corrected chi connectivity index (χ1v) is 22.4. The van der Waals surface area contributed by atoms with E-state index in [9.17, 15) is 42.3 Å². The number of likely N-dealkylation sites (N-methyl/N-ethyl adjacent to an activating group) is 2. The number of likely N-dealkylation sites (tertiary alicyclic amines) is 1. The number of nitrogens with one attached hydrogen (secondary N) is 3. The minimum absolute atomic E-state index is 0.0104. The molecule has 0 radical (unpaired) electrons. The number of hydrogen-bond acceptors (Lipinski definition) is 11. The average molecular weight is 931 g/mol. The Bertz CT molecular complexity index is 1700. The Morgan fingerprint density at radius 2 is 1.49 bits per heavy atom. The van der Waals surface area contributed by atoms with Crippen molar-refractivity contribution in [1.82, 2.24) is 30.8 Å². The summed E-state index contributed by atoms with van der Waals surface area (Å²) < 4.78 is 43.8. The number of aliphatic carboxylic acids is 1. The van der Waals surface area contributed by atoms with Crippen molar-refractivity contribution < 1.29 is 66.5 Å². The number of ether oxygens (including phenoxy) is 2. The lowest BCUT2D eigenvalue weighted by Crippen LogP contribution is -2.59. The van der Waals surface area contributed by atoms with Gasteiger partial charge in [-0.1, -0.05) is 67.0 Å². The van der Waals surface area contributed by atoms with Gasteiger partial charge in [0.05, 0.1) is 49.3 Å². The normalized spacial score (nSPS) is 19.2. The molecule has 17 nitrogen and oxygen atoms in total. The van der Waals surface area contributed by atoms with Gasteiger partial charge in [0.2, 0.25) is 23.6 Å². The van der Waals surface area contributed by atoms with E-state index in [1.807, 2.05) is 41.5 Å². The Morgan fingerprint density at radius 3 is 1.97 bits per heavy atom. The Morgan fingerprint density at radius 1 is 0.892 bits per heavy atom. The van der Waals surface area contributed by atoms with E-state index in [4.69, 9.17) is 24.2 Å². The van der Waals surface area contributed by atoms with E-state index >= 15 is 0 Å². The first-order valence-electron chi connectivity index (χ1n) is 22.4. The molecule has 1 aromatic carbocycles. The number of alkyl halides is 3. The highest BCUT2D eigenvalue weighted by atomic mass is 19.4. The van der Waals surface area contributed by atoms with Gasteiger partial charge in [0.1, 0.15) is 17.8 Å². The van der Waals surface area contributed by atoms with Gasteiger partial charge in [0.25, 0.3) is 5.91 Å². The van der Waals surface area contributed by atoms with E-state index in [-0.39, 0.29) is 60.0 Å². The van der Waals surface area contributed by atoms with E-state index in [0.29, 0.717) is 32.5 Å². The predicted molar refractivity (Wildman–Crippen MR) is 235 cm³/mol. The summed E-state index contributed by atoms with van der Waals surface area (Å²) in [5, 5.41) is 27.2. The molecular formula is C45H73F3N6O11. The topological polar surface area (TPSA) is 216 Å². The molecule has 5 amide bonds. The van der Waals surface area contributed by atoms with E-state index < -0.39 is 66.4 Å². The predicted octanol–water partition coefficient (Wildman–Crippen LogP) is 3.91. The Kier molecular flexibility index (Phi) is 23.1. The Labute approximate surface area is 381 Å². The van der Waals surface area contributed by atoms with Crippen LogP contribution in [0.25, 0.3) is 0 Å². The van der Waals surface area contributed by atoms with Crippen molar-refractivity contribution in [2.45, 2.75) is 142 Å². The molecule has 3 rings (SSSR count). The van der Waals surface area contributed by atoms with Crippen LogP contribution in [-0.4, -0.2) is 157 Å². The van der Waals surface area contributed by atoms with Crippen LogP contribution in [0, 0.1) is 23.7 Å². The molecule has 2 aliphatic heterocycles. The minimum atomic E-state index is -5.08. The fourth-order valence-electron chi connectivity index (χ4n) is 8.36. The number of rotatable bonds is 21. The molecule has 370 valence electrons. The number of hydrogen-bond donors (Lipinski definition) is 5. The number of aromatic hydroxyl groups is 1. The summed E-state index contributed by atoms with van der Waals surface area (Å²) in [5.74, 6) is -5.06. The number of carbonyl (C=O) groups excluding carboxylic acids is 5. The van der Waals surface area contributed by atoms with Crippen LogP contribution in [0.4, 0.5) is 13.2 Å². The summed E-state index contributed by atoms with van der Waals surface area (Å²) in [7, 11) is 6.51. The number of nitrogens with zero attached hydrogens (tertiary/aromatic N) is 3. The van der Waals surface area contributed by atoms with Gasteiger partial charge >= 0.3 is 12.1 Å².